The number of carbonyl (C=O) groups excluding carboxylic acids is 1. The van der Waals surface area contributed by atoms with Crippen molar-refractivity contribution in [3.8, 4) is 0 Å². The van der Waals surface area contributed by atoms with Crippen LogP contribution in [0.25, 0.3) is 11.0 Å². The fourth-order valence-corrected chi connectivity index (χ4v) is 4.11. The summed E-state index contributed by atoms with van der Waals surface area (Å²) in [4.78, 5) is 29.7. The van der Waals surface area contributed by atoms with Crippen LogP contribution < -0.4 is 0 Å². The average Bonchev–Trinajstić information content (AvgIpc) is 3.13. The number of benzene rings is 1. The minimum atomic E-state index is -4.82. The Labute approximate surface area is 179 Å². The number of carbonyl (C=O) groups is 2. The van der Waals surface area contributed by atoms with Gasteiger partial charge in [-0.05, 0) is 43.5 Å². The first-order valence-electron chi connectivity index (χ1n) is 9.30. The molecule has 0 saturated carbocycles. The molecule has 0 fully saturated rings. The number of carboxylic acid groups (broad SMARTS) is 1. The molecule has 1 aromatic carbocycles. The van der Waals surface area contributed by atoms with Crippen molar-refractivity contribution in [3.63, 3.8) is 0 Å². The summed E-state index contributed by atoms with van der Waals surface area (Å²) in [5, 5.41) is 13.8. The normalized spacial score (nSPS) is 19.0. The lowest BCUT2D eigenvalue weighted by Gasteiger charge is -2.28. The van der Waals surface area contributed by atoms with E-state index in [-0.39, 0.29) is 34.6 Å². The summed E-state index contributed by atoms with van der Waals surface area (Å²) in [5.74, 6) is -2.26. The maximum absolute atomic E-state index is 13.5. The van der Waals surface area contributed by atoms with Gasteiger partial charge in [-0.15, -0.1) is 0 Å². The number of halogens is 4. The van der Waals surface area contributed by atoms with Gasteiger partial charge in [0.2, 0.25) is 0 Å². The van der Waals surface area contributed by atoms with E-state index >= 15 is 0 Å². The Morgan fingerprint density at radius 2 is 1.94 bits per heavy atom. The van der Waals surface area contributed by atoms with Gasteiger partial charge in [-0.1, -0.05) is 29.8 Å². The number of nitrogens with zero attached hydrogens (tertiary/aromatic N) is 3. The molecule has 31 heavy (non-hydrogen) atoms. The number of rotatable bonds is 3. The molecule has 6 nitrogen and oxygen atoms in total. The van der Waals surface area contributed by atoms with Gasteiger partial charge in [-0.2, -0.15) is 23.0 Å². The van der Waals surface area contributed by atoms with Crippen molar-refractivity contribution in [1.82, 2.24) is 14.8 Å². The standard InChI is InChI=1S/C21H15ClF3N3O3/c22-13-7-4-6-12(21(23,24)25)15(13)18(29)28-14-8-5-11-26-16(14)17(27-28)20(19(30)31)9-2-1-3-10-20/h1-2,4-8,11H,3,9-10H2,(H,30,31). The van der Waals surface area contributed by atoms with Gasteiger partial charge in [-0.3, -0.25) is 14.6 Å². The molecule has 10 heteroatoms. The number of pyridine rings is 1. The lowest BCUT2D eigenvalue weighted by atomic mass is 9.74. The Hall–Kier alpha value is -3.20. The second-order valence-corrected chi connectivity index (χ2v) is 7.61. The van der Waals surface area contributed by atoms with Crippen molar-refractivity contribution in [1.29, 1.82) is 0 Å². The van der Waals surface area contributed by atoms with Crippen molar-refractivity contribution in [2.45, 2.75) is 30.9 Å². The molecule has 1 N–H and O–H groups in total. The highest BCUT2D eigenvalue weighted by atomic mass is 35.5. The molecule has 160 valence electrons. The van der Waals surface area contributed by atoms with Gasteiger partial charge in [-0.25, -0.2) is 0 Å². The van der Waals surface area contributed by atoms with E-state index in [1.54, 1.807) is 6.08 Å². The summed E-state index contributed by atoms with van der Waals surface area (Å²) < 4.78 is 41.4. The van der Waals surface area contributed by atoms with Crippen LogP contribution in [-0.2, 0) is 16.4 Å². The van der Waals surface area contributed by atoms with Gasteiger partial charge in [0.25, 0.3) is 5.91 Å². The lowest BCUT2D eigenvalue weighted by Crippen LogP contribution is -2.37. The average molecular weight is 450 g/mol. The zero-order valence-corrected chi connectivity index (χ0v) is 16.6. The van der Waals surface area contributed by atoms with Gasteiger partial charge in [0.05, 0.1) is 21.7 Å². The van der Waals surface area contributed by atoms with Crippen LogP contribution in [0.4, 0.5) is 13.2 Å². The highest BCUT2D eigenvalue weighted by Gasteiger charge is 2.45. The second-order valence-electron chi connectivity index (χ2n) is 7.20. The SMILES string of the molecule is O=C(c1c(Cl)cccc1C(F)(F)F)n1nc(C2(C(=O)O)CC=CCC2)c2ncccc21. The molecule has 2 heterocycles. The molecule has 1 atom stereocenters. The maximum atomic E-state index is 13.5. The van der Waals surface area contributed by atoms with E-state index in [4.69, 9.17) is 11.6 Å². The lowest BCUT2D eigenvalue weighted by molar-refractivity contribution is -0.144. The van der Waals surface area contributed by atoms with Crippen LogP contribution in [-0.4, -0.2) is 31.7 Å². The molecular formula is C21H15ClF3N3O3. The molecule has 0 radical (unpaired) electrons. The zero-order valence-electron chi connectivity index (χ0n) is 15.9. The van der Waals surface area contributed by atoms with Crippen LogP contribution in [0.5, 0.6) is 0 Å². The van der Waals surface area contributed by atoms with E-state index in [9.17, 15) is 27.9 Å². The Balaban J connectivity index is 1.97. The molecule has 0 aliphatic heterocycles. The molecular weight excluding hydrogens is 435 g/mol. The number of hydrogen-bond acceptors (Lipinski definition) is 4. The van der Waals surface area contributed by atoms with E-state index in [1.807, 2.05) is 6.08 Å². The van der Waals surface area contributed by atoms with E-state index in [0.29, 0.717) is 6.42 Å². The molecule has 0 spiro atoms. The van der Waals surface area contributed by atoms with E-state index in [0.717, 1.165) is 16.8 Å². The quantitative estimate of drug-likeness (QED) is 0.577. The van der Waals surface area contributed by atoms with E-state index in [2.05, 4.69) is 10.1 Å². The van der Waals surface area contributed by atoms with Crippen LogP contribution in [0.2, 0.25) is 5.02 Å². The Bertz CT molecular complexity index is 1240. The molecule has 4 rings (SSSR count). The van der Waals surface area contributed by atoms with Crippen LogP contribution in [0.1, 0.15) is 40.9 Å². The molecule has 3 aromatic rings. The topological polar surface area (TPSA) is 85.1 Å². The fraction of sp³-hybridized carbons (Fsp3) is 0.238. The minimum absolute atomic E-state index is 0.0360. The summed E-state index contributed by atoms with van der Waals surface area (Å²) in [6.45, 7) is 0. The molecule has 0 amide bonds. The Kier molecular flexibility index (Phi) is 5.09. The third kappa shape index (κ3) is 3.38. The molecule has 2 aromatic heterocycles. The van der Waals surface area contributed by atoms with Gasteiger partial charge >= 0.3 is 12.1 Å². The van der Waals surface area contributed by atoms with Crippen LogP contribution in [0.15, 0.2) is 48.7 Å². The smallest absolute Gasteiger partial charge is 0.417 e. The third-order valence-corrected chi connectivity index (χ3v) is 5.71. The highest BCUT2D eigenvalue weighted by molar-refractivity contribution is 6.34. The molecule has 0 saturated heterocycles. The van der Waals surface area contributed by atoms with Crippen molar-refractivity contribution >= 4 is 34.5 Å². The van der Waals surface area contributed by atoms with Crippen molar-refractivity contribution in [2.24, 2.45) is 0 Å². The zero-order chi connectivity index (χ0) is 22.4. The van der Waals surface area contributed by atoms with E-state index in [1.165, 1.54) is 24.4 Å². The van der Waals surface area contributed by atoms with Gasteiger partial charge < -0.3 is 5.11 Å². The van der Waals surface area contributed by atoms with Gasteiger partial charge in [0.1, 0.15) is 16.6 Å². The Morgan fingerprint density at radius 1 is 1.16 bits per heavy atom. The van der Waals surface area contributed by atoms with Crippen molar-refractivity contribution in [2.75, 3.05) is 0 Å². The number of allylic oxidation sites excluding steroid dienone is 2. The van der Waals surface area contributed by atoms with Crippen LogP contribution >= 0.6 is 11.6 Å². The summed E-state index contributed by atoms with van der Waals surface area (Å²) in [7, 11) is 0. The summed E-state index contributed by atoms with van der Waals surface area (Å²) >= 11 is 5.98. The van der Waals surface area contributed by atoms with Crippen LogP contribution in [0.3, 0.4) is 0 Å². The Morgan fingerprint density at radius 3 is 2.58 bits per heavy atom. The molecule has 1 unspecified atom stereocenters. The van der Waals surface area contributed by atoms with Crippen molar-refractivity contribution in [3.05, 3.63) is 70.5 Å². The maximum Gasteiger partial charge on any atom is 0.417 e. The first-order chi connectivity index (χ1) is 14.7. The number of carboxylic acids is 1. The number of fused-ring (bicyclic) bond motifs is 1. The third-order valence-electron chi connectivity index (χ3n) is 5.40. The summed E-state index contributed by atoms with van der Waals surface area (Å²) in [5.41, 5.74) is -3.12. The minimum Gasteiger partial charge on any atom is -0.481 e. The molecule has 1 aliphatic carbocycles. The molecule has 1 aliphatic rings. The number of alkyl halides is 3. The monoisotopic (exact) mass is 449 g/mol. The fourth-order valence-electron chi connectivity index (χ4n) is 3.86. The number of aliphatic carboxylic acids is 1. The predicted molar refractivity (Wildman–Crippen MR) is 106 cm³/mol. The predicted octanol–water partition coefficient (Wildman–Crippen LogP) is 4.85. The first-order valence-corrected chi connectivity index (χ1v) is 9.67. The molecule has 0 bridgehead atoms. The second kappa shape index (κ2) is 7.49. The number of aromatic nitrogens is 3. The largest absolute Gasteiger partial charge is 0.481 e. The van der Waals surface area contributed by atoms with E-state index < -0.39 is 34.6 Å². The summed E-state index contributed by atoms with van der Waals surface area (Å²) in [6.07, 6.45) is 0.962. The number of hydrogen-bond donors (Lipinski definition) is 1. The highest BCUT2D eigenvalue weighted by Crippen LogP contribution is 2.40. The van der Waals surface area contributed by atoms with Crippen LogP contribution in [0, 0.1) is 0 Å². The van der Waals surface area contributed by atoms with Gasteiger partial charge in [0.15, 0.2) is 0 Å². The van der Waals surface area contributed by atoms with Crippen molar-refractivity contribution < 1.29 is 27.9 Å². The summed E-state index contributed by atoms with van der Waals surface area (Å²) in [6, 6.07) is 5.98. The first kappa shape index (κ1) is 21.0. The van der Waals surface area contributed by atoms with Gasteiger partial charge in [0, 0.05) is 6.20 Å².